The molecule has 2 rings (SSSR count). The molecule has 0 N–H and O–H groups in total. The number of likely N-dealkylation sites (tertiary alicyclic amines) is 1. The Morgan fingerprint density at radius 2 is 1.92 bits per heavy atom. The first-order chi connectivity index (χ1) is 5.70. The summed E-state index contributed by atoms with van der Waals surface area (Å²) in [5.74, 6) is 1.94. The molecule has 0 aromatic rings. The van der Waals surface area contributed by atoms with Gasteiger partial charge in [0.25, 0.3) is 0 Å². The highest BCUT2D eigenvalue weighted by molar-refractivity contribution is 5.82. The highest BCUT2D eigenvalue weighted by Crippen LogP contribution is 2.48. The lowest BCUT2D eigenvalue weighted by Crippen LogP contribution is -2.34. The van der Waals surface area contributed by atoms with Gasteiger partial charge in [0.05, 0.1) is 6.04 Å². The Kier molecular flexibility index (Phi) is 4.62. The summed E-state index contributed by atoms with van der Waals surface area (Å²) in [7, 11) is 2.05. The number of carbonyl (C=O) groups is 1. The molecule has 0 spiro atoms. The molecule has 2 nitrogen and oxygen atoms in total. The Balaban J connectivity index is 0.000000451. The van der Waals surface area contributed by atoms with Crippen molar-refractivity contribution in [2.45, 2.75) is 40.7 Å². The van der Waals surface area contributed by atoms with Gasteiger partial charge >= 0.3 is 0 Å². The van der Waals surface area contributed by atoms with Gasteiger partial charge in [-0.15, -0.1) is 0 Å². The molecule has 2 aliphatic rings. The SMILES string of the molecule is C.CC.CC(=O)C1C2CC2CN1C. The fourth-order valence-corrected chi connectivity index (χ4v) is 2.29. The number of carbonyl (C=O) groups excluding carboxylic acids is 1. The predicted molar refractivity (Wildman–Crippen MR) is 56.8 cm³/mol. The molecule has 1 aliphatic heterocycles. The maximum absolute atomic E-state index is 11.1. The molecule has 13 heavy (non-hydrogen) atoms. The summed E-state index contributed by atoms with van der Waals surface area (Å²) in [5.41, 5.74) is 0. The average Bonchev–Trinajstić information content (AvgIpc) is 2.66. The lowest BCUT2D eigenvalue weighted by molar-refractivity contribution is -0.121. The van der Waals surface area contributed by atoms with E-state index in [1.165, 1.54) is 6.42 Å². The van der Waals surface area contributed by atoms with Gasteiger partial charge in [-0.2, -0.15) is 0 Å². The zero-order valence-electron chi connectivity index (χ0n) is 8.50. The van der Waals surface area contributed by atoms with Gasteiger partial charge in [0.15, 0.2) is 0 Å². The average molecular weight is 185 g/mol. The van der Waals surface area contributed by atoms with Crippen LogP contribution in [0.25, 0.3) is 0 Å². The van der Waals surface area contributed by atoms with Crippen molar-refractivity contribution in [3.63, 3.8) is 0 Å². The lowest BCUT2D eigenvalue weighted by atomic mass is 10.1. The van der Waals surface area contributed by atoms with E-state index in [9.17, 15) is 4.79 Å². The molecular weight excluding hydrogens is 162 g/mol. The maximum Gasteiger partial charge on any atom is 0.147 e. The Bertz CT molecular complexity index is 177. The topological polar surface area (TPSA) is 20.3 Å². The van der Waals surface area contributed by atoms with Crippen LogP contribution in [0.3, 0.4) is 0 Å². The zero-order valence-corrected chi connectivity index (χ0v) is 8.50. The Morgan fingerprint density at radius 1 is 1.38 bits per heavy atom. The van der Waals surface area contributed by atoms with Crippen molar-refractivity contribution in [2.24, 2.45) is 11.8 Å². The summed E-state index contributed by atoms with van der Waals surface area (Å²) in [6.45, 7) is 6.86. The molecular formula is C11H23NO. The quantitative estimate of drug-likeness (QED) is 0.624. The van der Waals surface area contributed by atoms with Crippen LogP contribution in [0.2, 0.25) is 0 Å². The van der Waals surface area contributed by atoms with Crippen LogP contribution in [-0.4, -0.2) is 30.3 Å². The third-order valence-corrected chi connectivity index (χ3v) is 2.80. The summed E-state index contributed by atoms with van der Waals surface area (Å²) >= 11 is 0. The second-order valence-corrected chi connectivity index (χ2v) is 3.65. The van der Waals surface area contributed by atoms with E-state index in [0.29, 0.717) is 5.78 Å². The fourth-order valence-electron chi connectivity index (χ4n) is 2.29. The number of likely N-dealkylation sites (N-methyl/N-ethyl adjacent to an activating group) is 1. The number of ketones is 1. The van der Waals surface area contributed by atoms with Gasteiger partial charge in [-0.05, 0) is 32.2 Å². The van der Waals surface area contributed by atoms with Crippen molar-refractivity contribution in [1.29, 1.82) is 0 Å². The number of piperidine rings is 1. The predicted octanol–water partition coefficient (Wildman–Crippen LogP) is 2.19. The van der Waals surface area contributed by atoms with Crippen molar-refractivity contribution >= 4 is 5.78 Å². The van der Waals surface area contributed by atoms with Gasteiger partial charge in [-0.3, -0.25) is 9.69 Å². The van der Waals surface area contributed by atoms with Gasteiger partial charge in [-0.1, -0.05) is 21.3 Å². The first-order valence-electron chi connectivity index (χ1n) is 4.91. The van der Waals surface area contributed by atoms with Crippen LogP contribution in [0.4, 0.5) is 0 Å². The van der Waals surface area contributed by atoms with E-state index in [0.717, 1.165) is 18.4 Å². The molecule has 1 aliphatic carbocycles. The molecule has 0 bridgehead atoms. The number of fused-ring (bicyclic) bond motifs is 1. The molecule has 1 heterocycles. The molecule has 0 amide bonds. The van der Waals surface area contributed by atoms with Gasteiger partial charge in [-0.25, -0.2) is 0 Å². The van der Waals surface area contributed by atoms with E-state index in [2.05, 4.69) is 11.9 Å². The van der Waals surface area contributed by atoms with Crippen molar-refractivity contribution in [1.82, 2.24) is 4.90 Å². The van der Waals surface area contributed by atoms with Crippen molar-refractivity contribution in [3.8, 4) is 0 Å². The standard InChI is InChI=1S/C8H13NO.C2H6.CH4/c1-5(10)8-7-3-6(7)4-9(8)2;1-2;/h6-8H,3-4H2,1-2H3;1-2H3;1H4. The minimum absolute atomic E-state index is 0. The Labute approximate surface area is 82.3 Å². The van der Waals surface area contributed by atoms with E-state index in [-0.39, 0.29) is 13.5 Å². The lowest BCUT2D eigenvalue weighted by Gasteiger charge is -2.19. The summed E-state index contributed by atoms with van der Waals surface area (Å²) < 4.78 is 0. The second kappa shape index (κ2) is 4.75. The third kappa shape index (κ3) is 2.31. The molecule has 3 atom stereocenters. The number of Topliss-reactive ketones (excluding diaryl/α,β-unsaturated/α-hetero) is 1. The molecule has 0 aromatic heterocycles. The number of hydrogen-bond donors (Lipinski definition) is 0. The summed E-state index contributed by atoms with van der Waals surface area (Å²) in [5, 5.41) is 0. The van der Waals surface area contributed by atoms with Crippen molar-refractivity contribution in [2.75, 3.05) is 13.6 Å². The molecule has 1 saturated heterocycles. The second-order valence-electron chi connectivity index (χ2n) is 3.65. The maximum atomic E-state index is 11.1. The van der Waals surface area contributed by atoms with Crippen LogP contribution in [0, 0.1) is 11.8 Å². The van der Waals surface area contributed by atoms with E-state index in [4.69, 9.17) is 0 Å². The van der Waals surface area contributed by atoms with Gasteiger partial charge in [0.1, 0.15) is 5.78 Å². The highest BCUT2D eigenvalue weighted by Gasteiger charge is 2.52. The van der Waals surface area contributed by atoms with Gasteiger partial charge < -0.3 is 0 Å². The molecule has 1 saturated carbocycles. The molecule has 2 fully saturated rings. The van der Waals surface area contributed by atoms with E-state index < -0.39 is 0 Å². The zero-order chi connectivity index (χ0) is 9.30. The third-order valence-electron chi connectivity index (χ3n) is 2.80. The summed E-state index contributed by atoms with van der Waals surface area (Å²) in [6, 6.07) is 0.269. The number of rotatable bonds is 1. The molecule has 78 valence electrons. The largest absolute Gasteiger partial charge is 0.298 e. The minimum atomic E-state index is 0. The van der Waals surface area contributed by atoms with Crippen LogP contribution >= 0.6 is 0 Å². The van der Waals surface area contributed by atoms with Gasteiger partial charge in [0.2, 0.25) is 0 Å². The summed E-state index contributed by atoms with van der Waals surface area (Å²) in [4.78, 5) is 13.2. The highest BCUT2D eigenvalue weighted by atomic mass is 16.1. The van der Waals surface area contributed by atoms with Crippen LogP contribution in [-0.2, 0) is 4.79 Å². The molecule has 0 aromatic carbocycles. The Hall–Kier alpha value is -0.370. The Morgan fingerprint density at radius 3 is 2.15 bits per heavy atom. The fraction of sp³-hybridized carbons (Fsp3) is 0.909. The van der Waals surface area contributed by atoms with Crippen LogP contribution in [0.1, 0.15) is 34.6 Å². The first kappa shape index (κ1) is 12.6. The smallest absolute Gasteiger partial charge is 0.147 e. The van der Waals surface area contributed by atoms with Crippen LogP contribution in [0.5, 0.6) is 0 Å². The molecule has 0 radical (unpaired) electrons. The van der Waals surface area contributed by atoms with Gasteiger partial charge in [0, 0.05) is 6.54 Å². The van der Waals surface area contributed by atoms with E-state index in [1.54, 1.807) is 6.92 Å². The van der Waals surface area contributed by atoms with Crippen molar-refractivity contribution in [3.05, 3.63) is 0 Å². The molecule has 2 heteroatoms. The van der Waals surface area contributed by atoms with E-state index in [1.807, 2.05) is 13.8 Å². The van der Waals surface area contributed by atoms with Crippen LogP contribution < -0.4 is 0 Å². The normalized spacial score (nSPS) is 35.2. The van der Waals surface area contributed by atoms with Crippen molar-refractivity contribution < 1.29 is 4.79 Å². The molecule has 3 unspecified atom stereocenters. The monoisotopic (exact) mass is 185 g/mol. The first-order valence-corrected chi connectivity index (χ1v) is 4.91. The number of nitrogens with zero attached hydrogens (tertiary/aromatic N) is 1. The van der Waals surface area contributed by atoms with Crippen LogP contribution in [0.15, 0.2) is 0 Å². The van der Waals surface area contributed by atoms with E-state index >= 15 is 0 Å². The summed E-state index contributed by atoms with van der Waals surface area (Å²) in [6.07, 6.45) is 1.30. The minimum Gasteiger partial charge on any atom is -0.298 e. The number of hydrogen-bond acceptors (Lipinski definition) is 2.